The monoisotopic (exact) mass is 273 g/mol. The highest BCUT2D eigenvalue weighted by Gasteiger charge is 2.14. The zero-order chi connectivity index (χ0) is 14.5. The summed E-state index contributed by atoms with van der Waals surface area (Å²) in [6, 6.07) is 11.5. The Labute approximate surface area is 116 Å². The predicted molar refractivity (Wildman–Crippen MR) is 75.5 cm³/mol. The highest BCUT2D eigenvalue weighted by atomic mass is 16.5. The van der Waals surface area contributed by atoms with E-state index in [0.717, 1.165) is 0 Å². The molecule has 2 aromatic carbocycles. The van der Waals surface area contributed by atoms with E-state index in [4.69, 9.17) is 20.3 Å². The number of anilines is 1. The lowest BCUT2D eigenvalue weighted by atomic mass is 10.2. The average molecular weight is 273 g/mol. The minimum atomic E-state index is -1.08. The Kier molecular flexibility index (Phi) is 4.10. The van der Waals surface area contributed by atoms with Crippen LogP contribution in [0.25, 0.3) is 0 Å². The molecule has 0 spiro atoms. The number of para-hydroxylation sites is 2. The van der Waals surface area contributed by atoms with E-state index in [-0.39, 0.29) is 11.3 Å². The number of carboxylic acid groups (broad SMARTS) is 1. The maximum Gasteiger partial charge on any atom is 0.339 e. The minimum Gasteiger partial charge on any atom is -0.490 e. The van der Waals surface area contributed by atoms with Crippen molar-refractivity contribution in [1.82, 2.24) is 0 Å². The number of hydrogen-bond donors (Lipinski definition) is 2. The number of ether oxygens (including phenoxy) is 2. The van der Waals surface area contributed by atoms with Gasteiger partial charge in [0.25, 0.3) is 0 Å². The van der Waals surface area contributed by atoms with Crippen molar-refractivity contribution in [3.63, 3.8) is 0 Å². The summed E-state index contributed by atoms with van der Waals surface area (Å²) in [6.45, 7) is 2.35. The Hall–Kier alpha value is -2.69. The third kappa shape index (κ3) is 3.00. The number of rotatable bonds is 5. The minimum absolute atomic E-state index is 0.0468. The van der Waals surface area contributed by atoms with Gasteiger partial charge in [0.2, 0.25) is 0 Å². The molecule has 0 atom stereocenters. The van der Waals surface area contributed by atoms with E-state index in [2.05, 4.69) is 0 Å². The molecule has 0 heterocycles. The van der Waals surface area contributed by atoms with E-state index in [0.29, 0.717) is 23.8 Å². The molecule has 5 nitrogen and oxygen atoms in total. The van der Waals surface area contributed by atoms with Gasteiger partial charge in [0.1, 0.15) is 11.3 Å². The SMILES string of the molecule is CCOc1ccccc1Oc1cc(N)ccc1C(=O)O. The van der Waals surface area contributed by atoms with Gasteiger partial charge in [-0.25, -0.2) is 4.79 Å². The Balaban J connectivity index is 2.39. The maximum absolute atomic E-state index is 11.2. The van der Waals surface area contributed by atoms with Crippen LogP contribution in [0.4, 0.5) is 5.69 Å². The van der Waals surface area contributed by atoms with Crippen LogP contribution in [0.15, 0.2) is 42.5 Å². The summed E-state index contributed by atoms with van der Waals surface area (Å²) in [5, 5.41) is 9.16. The number of nitrogen functional groups attached to an aromatic ring is 1. The fraction of sp³-hybridized carbons (Fsp3) is 0.133. The second-order valence-corrected chi connectivity index (χ2v) is 4.04. The van der Waals surface area contributed by atoms with E-state index in [1.807, 2.05) is 13.0 Å². The van der Waals surface area contributed by atoms with Crippen molar-refractivity contribution in [1.29, 1.82) is 0 Å². The summed E-state index contributed by atoms with van der Waals surface area (Å²) >= 11 is 0. The molecule has 0 amide bonds. The summed E-state index contributed by atoms with van der Waals surface area (Å²) < 4.78 is 11.1. The normalized spacial score (nSPS) is 10.1. The van der Waals surface area contributed by atoms with Gasteiger partial charge >= 0.3 is 5.97 Å². The van der Waals surface area contributed by atoms with Crippen LogP contribution in [0.1, 0.15) is 17.3 Å². The van der Waals surface area contributed by atoms with Crippen LogP contribution < -0.4 is 15.2 Å². The van der Waals surface area contributed by atoms with Crippen molar-refractivity contribution in [2.45, 2.75) is 6.92 Å². The smallest absolute Gasteiger partial charge is 0.339 e. The summed E-state index contributed by atoms with van der Waals surface area (Å²) in [6.07, 6.45) is 0. The van der Waals surface area contributed by atoms with Crippen LogP contribution in [0.2, 0.25) is 0 Å². The molecule has 0 aliphatic heterocycles. The second-order valence-electron chi connectivity index (χ2n) is 4.04. The van der Waals surface area contributed by atoms with Crippen LogP contribution in [0, 0.1) is 0 Å². The van der Waals surface area contributed by atoms with Crippen LogP contribution in [-0.4, -0.2) is 17.7 Å². The molecule has 0 unspecified atom stereocenters. The lowest BCUT2D eigenvalue weighted by molar-refractivity contribution is 0.0694. The van der Waals surface area contributed by atoms with Crippen molar-refractivity contribution in [3.8, 4) is 17.2 Å². The molecule has 3 N–H and O–H groups in total. The topological polar surface area (TPSA) is 81.8 Å². The number of aromatic carboxylic acids is 1. The molecule has 104 valence electrons. The van der Waals surface area contributed by atoms with Crippen LogP contribution >= 0.6 is 0 Å². The predicted octanol–water partition coefficient (Wildman–Crippen LogP) is 3.16. The molecule has 0 aromatic heterocycles. The fourth-order valence-corrected chi connectivity index (χ4v) is 1.73. The lowest BCUT2D eigenvalue weighted by Gasteiger charge is -2.13. The highest BCUT2D eigenvalue weighted by molar-refractivity contribution is 5.91. The van der Waals surface area contributed by atoms with Gasteiger partial charge in [-0.05, 0) is 31.2 Å². The Bertz CT molecular complexity index is 625. The molecule has 5 heteroatoms. The quantitative estimate of drug-likeness (QED) is 0.818. The second kappa shape index (κ2) is 5.97. The largest absolute Gasteiger partial charge is 0.490 e. The van der Waals surface area contributed by atoms with Gasteiger partial charge in [-0.15, -0.1) is 0 Å². The number of carbonyl (C=O) groups is 1. The molecule has 0 aliphatic rings. The van der Waals surface area contributed by atoms with Gasteiger partial charge in [0.05, 0.1) is 6.61 Å². The maximum atomic E-state index is 11.2. The Morgan fingerprint density at radius 2 is 1.85 bits per heavy atom. The molecule has 0 saturated heterocycles. The van der Waals surface area contributed by atoms with Crippen molar-refractivity contribution in [3.05, 3.63) is 48.0 Å². The zero-order valence-corrected chi connectivity index (χ0v) is 11.0. The average Bonchev–Trinajstić information content (AvgIpc) is 2.41. The number of hydrogen-bond acceptors (Lipinski definition) is 4. The van der Waals surface area contributed by atoms with Crippen molar-refractivity contribution in [2.24, 2.45) is 0 Å². The lowest BCUT2D eigenvalue weighted by Crippen LogP contribution is -2.02. The summed E-state index contributed by atoms with van der Waals surface area (Å²) in [4.78, 5) is 11.2. The zero-order valence-electron chi connectivity index (χ0n) is 11.0. The van der Waals surface area contributed by atoms with Crippen LogP contribution in [0.5, 0.6) is 17.2 Å². The molecule has 20 heavy (non-hydrogen) atoms. The van der Waals surface area contributed by atoms with Crippen molar-refractivity contribution < 1.29 is 19.4 Å². The van der Waals surface area contributed by atoms with Crippen molar-refractivity contribution in [2.75, 3.05) is 12.3 Å². The third-order valence-electron chi connectivity index (χ3n) is 2.60. The van der Waals surface area contributed by atoms with Crippen LogP contribution in [-0.2, 0) is 0 Å². The summed E-state index contributed by atoms with van der Waals surface area (Å²) in [7, 11) is 0. The first-order valence-corrected chi connectivity index (χ1v) is 6.14. The Morgan fingerprint density at radius 1 is 1.15 bits per heavy atom. The van der Waals surface area contributed by atoms with Gasteiger partial charge in [-0.3, -0.25) is 0 Å². The van der Waals surface area contributed by atoms with E-state index >= 15 is 0 Å². The number of carboxylic acids is 1. The van der Waals surface area contributed by atoms with Gasteiger partial charge in [0.15, 0.2) is 11.5 Å². The number of nitrogens with two attached hydrogens (primary N) is 1. The first-order valence-electron chi connectivity index (χ1n) is 6.14. The molecule has 2 rings (SSSR count). The Morgan fingerprint density at radius 3 is 2.50 bits per heavy atom. The number of benzene rings is 2. The molecule has 0 fully saturated rings. The van der Waals surface area contributed by atoms with E-state index < -0.39 is 5.97 Å². The van der Waals surface area contributed by atoms with Crippen molar-refractivity contribution >= 4 is 11.7 Å². The summed E-state index contributed by atoms with van der Waals surface area (Å²) in [5.41, 5.74) is 6.15. The first kappa shape index (κ1) is 13.7. The van der Waals surface area contributed by atoms with Gasteiger partial charge in [-0.1, -0.05) is 12.1 Å². The van der Waals surface area contributed by atoms with Crippen LogP contribution in [0.3, 0.4) is 0 Å². The van der Waals surface area contributed by atoms with Gasteiger partial charge < -0.3 is 20.3 Å². The molecule has 0 saturated carbocycles. The van der Waals surface area contributed by atoms with E-state index in [9.17, 15) is 4.79 Å². The first-order chi connectivity index (χ1) is 9.61. The molecule has 2 aromatic rings. The standard InChI is InChI=1S/C15H15NO4/c1-2-19-12-5-3-4-6-13(12)20-14-9-10(16)7-8-11(14)15(17)18/h3-9H,2,16H2,1H3,(H,17,18). The molecular weight excluding hydrogens is 258 g/mol. The third-order valence-corrected chi connectivity index (χ3v) is 2.60. The summed E-state index contributed by atoms with van der Waals surface area (Å²) in [5.74, 6) is 0.106. The highest BCUT2D eigenvalue weighted by Crippen LogP contribution is 2.33. The van der Waals surface area contributed by atoms with Gasteiger partial charge in [0, 0.05) is 11.8 Å². The fourth-order valence-electron chi connectivity index (χ4n) is 1.73. The van der Waals surface area contributed by atoms with E-state index in [1.54, 1.807) is 18.2 Å². The van der Waals surface area contributed by atoms with E-state index in [1.165, 1.54) is 18.2 Å². The molecule has 0 bridgehead atoms. The molecular formula is C15H15NO4. The molecule has 0 radical (unpaired) electrons. The van der Waals surface area contributed by atoms with Gasteiger partial charge in [-0.2, -0.15) is 0 Å². The molecule has 0 aliphatic carbocycles.